The summed E-state index contributed by atoms with van der Waals surface area (Å²) in [7, 11) is 1.61. The van der Waals surface area contributed by atoms with E-state index in [0.717, 1.165) is 22.7 Å². The van der Waals surface area contributed by atoms with Gasteiger partial charge in [-0.3, -0.25) is 0 Å². The normalized spacial score (nSPS) is 10.4. The van der Waals surface area contributed by atoms with Gasteiger partial charge < -0.3 is 20.7 Å². The highest BCUT2D eigenvalue weighted by Crippen LogP contribution is 2.20. The monoisotopic (exact) mass is 381 g/mol. The zero-order valence-electron chi connectivity index (χ0n) is 16.1. The first-order chi connectivity index (χ1) is 13.5. The van der Waals surface area contributed by atoms with Crippen LogP contribution >= 0.6 is 0 Å². The van der Waals surface area contributed by atoms with Crippen molar-refractivity contribution in [1.82, 2.24) is 25.3 Å². The second kappa shape index (κ2) is 8.85. The minimum atomic E-state index is -0.273. The summed E-state index contributed by atoms with van der Waals surface area (Å²) >= 11 is 0. The van der Waals surface area contributed by atoms with Crippen molar-refractivity contribution < 1.29 is 9.53 Å². The molecule has 3 aromatic rings. The maximum absolute atomic E-state index is 12.0. The lowest BCUT2D eigenvalue weighted by Gasteiger charge is -2.11. The zero-order chi connectivity index (χ0) is 19.9. The van der Waals surface area contributed by atoms with Crippen LogP contribution in [0.5, 0.6) is 5.75 Å². The Hall–Kier alpha value is -3.62. The van der Waals surface area contributed by atoms with Gasteiger partial charge >= 0.3 is 6.03 Å². The number of carbonyl (C=O) groups is 1. The lowest BCUT2D eigenvalue weighted by atomic mass is 10.2. The van der Waals surface area contributed by atoms with Gasteiger partial charge in [0.25, 0.3) is 0 Å². The number of methoxy groups -OCH3 is 1. The summed E-state index contributed by atoms with van der Waals surface area (Å²) in [6.07, 6.45) is 1.83. The molecule has 0 saturated heterocycles. The van der Waals surface area contributed by atoms with Crippen LogP contribution in [0.15, 0.2) is 42.6 Å². The second-order valence-electron chi connectivity index (χ2n) is 6.17. The van der Waals surface area contributed by atoms with E-state index in [-0.39, 0.29) is 6.03 Å². The van der Waals surface area contributed by atoms with Crippen LogP contribution in [0.1, 0.15) is 11.3 Å². The molecule has 3 N–H and O–H groups in total. The Kier molecular flexibility index (Phi) is 6.05. The molecule has 9 heteroatoms. The molecule has 28 heavy (non-hydrogen) atoms. The van der Waals surface area contributed by atoms with Gasteiger partial charge in [0.05, 0.1) is 12.8 Å². The predicted octanol–water partition coefficient (Wildman–Crippen LogP) is 2.52. The average molecular weight is 381 g/mol. The van der Waals surface area contributed by atoms with Crippen molar-refractivity contribution in [2.24, 2.45) is 0 Å². The van der Waals surface area contributed by atoms with Gasteiger partial charge in [0.2, 0.25) is 0 Å². The first-order valence-corrected chi connectivity index (χ1v) is 8.85. The van der Waals surface area contributed by atoms with E-state index < -0.39 is 0 Å². The van der Waals surface area contributed by atoms with Gasteiger partial charge in [-0.1, -0.05) is 0 Å². The highest BCUT2D eigenvalue weighted by molar-refractivity contribution is 5.90. The Morgan fingerprint density at radius 3 is 2.61 bits per heavy atom. The van der Waals surface area contributed by atoms with E-state index in [2.05, 4.69) is 31.2 Å². The number of aromatic nitrogens is 4. The van der Waals surface area contributed by atoms with E-state index in [1.54, 1.807) is 17.9 Å². The molecule has 2 amide bonds. The van der Waals surface area contributed by atoms with Crippen LogP contribution in [-0.2, 0) is 0 Å². The van der Waals surface area contributed by atoms with Gasteiger partial charge in [-0.05, 0) is 55.8 Å². The molecule has 0 unspecified atom stereocenters. The molecule has 9 nitrogen and oxygen atoms in total. The van der Waals surface area contributed by atoms with Gasteiger partial charge in [0.1, 0.15) is 11.6 Å². The van der Waals surface area contributed by atoms with Crippen molar-refractivity contribution in [3.63, 3.8) is 0 Å². The van der Waals surface area contributed by atoms with Crippen molar-refractivity contribution in [2.45, 2.75) is 13.8 Å². The lowest BCUT2D eigenvalue weighted by molar-refractivity contribution is 0.252. The summed E-state index contributed by atoms with van der Waals surface area (Å²) in [5.41, 5.74) is 2.58. The summed E-state index contributed by atoms with van der Waals surface area (Å²) in [5.74, 6) is 2.02. The standard InChI is InChI=1S/C19H23N7O2/c1-13-12-15(28-3)4-5-16(13)22-19(27)21-10-9-20-17-6-7-18(24-23-17)26-11-8-14(2)25-26/h4-8,11-12H,9-10H2,1-3H3,(H,20,23)(H2,21,22,27). The summed E-state index contributed by atoms with van der Waals surface area (Å²) in [6, 6.07) is 10.8. The SMILES string of the molecule is COc1ccc(NC(=O)NCCNc2ccc(-n3ccc(C)n3)nn2)c(C)c1. The summed E-state index contributed by atoms with van der Waals surface area (Å²) < 4.78 is 6.82. The van der Waals surface area contributed by atoms with Crippen molar-refractivity contribution >= 4 is 17.5 Å². The summed E-state index contributed by atoms with van der Waals surface area (Å²) in [4.78, 5) is 12.0. The van der Waals surface area contributed by atoms with Crippen LogP contribution in [-0.4, -0.2) is 46.2 Å². The number of nitrogens with zero attached hydrogens (tertiary/aromatic N) is 4. The smallest absolute Gasteiger partial charge is 0.319 e. The lowest BCUT2D eigenvalue weighted by Crippen LogP contribution is -2.33. The first-order valence-electron chi connectivity index (χ1n) is 8.85. The van der Waals surface area contributed by atoms with Crippen LogP contribution in [0.4, 0.5) is 16.3 Å². The number of benzene rings is 1. The van der Waals surface area contributed by atoms with Crippen molar-refractivity contribution in [3.8, 4) is 11.6 Å². The molecule has 0 atom stereocenters. The molecular formula is C19H23N7O2. The Morgan fingerprint density at radius 2 is 1.96 bits per heavy atom. The van der Waals surface area contributed by atoms with Gasteiger partial charge in [-0.25, -0.2) is 9.48 Å². The molecule has 0 saturated carbocycles. The number of ether oxygens (including phenoxy) is 1. The van der Waals surface area contributed by atoms with Crippen LogP contribution in [0.3, 0.4) is 0 Å². The molecular weight excluding hydrogens is 358 g/mol. The van der Waals surface area contributed by atoms with E-state index in [4.69, 9.17) is 4.74 Å². The van der Waals surface area contributed by atoms with Crippen molar-refractivity contribution in [2.75, 3.05) is 30.8 Å². The average Bonchev–Trinajstić information content (AvgIpc) is 3.13. The third-order valence-corrected chi connectivity index (χ3v) is 4.01. The highest BCUT2D eigenvalue weighted by Gasteiger charge is 2.05. The van der Waals surface area contributed by atoms with E-state index in [1.807, 2.05) is 50.4 Å². The number of amides is 2. The van der Waals surface area contributed by atoms with Crippen LogP contribution in [0.2, 0.25) is 0 Å². The number of anilines is 2. The maximum atomic E-state index is 12.0. The van der Waals surface area contributed by atoms with Crippen LogP contribution in [0.25, 0.3) is 5.82 Å². The van der Waals surface area contributed by atoms with E-state index in [0.29, 0.717) is 24.7 Å². The van der Waals surface area contributed by atoms with Gasteiger partial charge in [-0.2, -0.15) is 5.10 Å². The second-order valence-corrected chi connectivity index (χ2v) is 6.17. The number of hydrogen-bond acceptors (Lipinski definition) is 6. The molecule has 0 fully saturated rings. The topological polar surface area (TPSA) is 106 Å². The quantitative estimate of drug-likeness (QED) is 0.543. The molecule has 0 bridgehead atoms. The van der Waals surface area contributed by atoms with Gasteiger partial charge in [0.15, 0.2) is 5.82 Å². The minimum Gasteiger partial charge on any atom is -0.497 e. The fourth-order valence-corrected chi connectivity index (χ4v) is 2.52. The molecule has 1 aromatic carbocycles. The number of aryl methyl sites for hydroxylation is 2. The minimum absolute atomic E-state index is 0.273. The number of rotatable bonds is 7. The largest absolute Gasteiger partial charge is 0.497 e. The molecule has 3 rings (SSSR count). The third-order valence-electron chi connectivity index (χ3n) is 4.01. The third kappa shape index (κ3) is 4.97. The summed E-state index contributed by atoms with van der Waals surface area (Å²) in [6.45, 7) is 4.78. The van der Waals surface area contributed by atoms with Crippen molar-refractivity contribution in [1.29, 1.82) is 0 Å². The predicted molar refractivity (Wildman–Crippen MR) is 107 cm³/mol. The first kappa shape index (κ1) is 19.2. The molecule has 0 spiro atoms. The molecule has 2 aromatic heterocycles. The Morgan fingerprint density at radius 1 is 1.11 bits per heavy atom. The molecule has 0 aliphatic heterocycles. The Balaban J connectivity index is 1.42. The number of carbonyl (C=O) groups excluding carboxylic acids is 1. The summed E-state index contributed by atoms with van der Waals surface area (Å²) in [5, 5.41) is 21.3. The van der Waals surface area contributed by atoms with Crippen molar-refractivity contribution in [3.05, 3.63) is 53.9 Å². The fourth-order valence-electron chi connectivity index (χ4n) is 2.52. The molecule has 0 aliphatic carbocycles. The van der Waals surface area contributed by atoms with E-state index >= 15 is 0 Å². The Bertz CT molecular complexity index is 938. The Labute approximate surface area is 163 Å². The number of urea groups is 1. The molecule has 0 aliphatic rings. The van der Waals surface area contributed by atoms with Gasteiger partial charge in [-0.15, -0.1) is 10.2 Å². The van der Waals surface area contributed by atoms with E-state index in [1.165, 1.54) is 0 Å². The fraction of sp³-hybridized carbons (Fsp3) is 0.263. The number of hydrogen-bond donors (Lipinski definition) is 3. The maximum Gasteiger partial charge on any atom is 0.319 e. The van der Waals surface area contributed by atoms with E-state index in [9.17, 15) is 4.79 Å². The van der Waals surface area contributed by atoms with Gasteiger partial charge in [0, 0.05) is 25.0 Å². The zero-order valence-corrected chi connectivity index (χ0v) is 16.1. The highest BCUT2D eigenvalue weighted by atomic mass is 16.5. The number of nitrogens with one attached hydrogen (secondary N) is 3. The molecule has 0 radical (unpaired) electrons. The van der Waals surface area contributed by atoms with Crippen LogP contribution < -0.4 is 20.7 Å². The molecule has 146 valence electrons. The molecule has 2 heterocycles. The van der Waals surface area contributed by atoms with Crippen LogP contribution in [0, 0.1) is 13.8 Å².